The molecular formula is C16H25ClN2O2. The molecule has 0 heterocycles. The van der Waals surface area contributed by atoms with Crippen molar-refractivity contribution in [2.24, 2.45) is 5.92 Å². The highest BCUT2D eigenvalue weighted by Gasteiger charge is 2.23. The Labute approximate surface area is 133 Å². The van der Waals surface area contributed by atoms with Crippen LogP contribution in [0.1, 0.15) is 37.0 Å². The second-order valence-corrected chi connectivity index (χ2v) is 5.42. The van der Waals surface area contributed by atoms with Crippen LogP contribution < -0.4 is 15.4 Å². The number of amides is 1. The van der Waals surface area contributed by atoms with Crippen LogP contribution in [0.3, 0.4) is 0 Å². The summed E-state index contributed by atoms with van der Waals surface area (Å²) in [6, 6.07) is 7.72. The van der Waals surface area contributed by atoms with Crippen molar-refractivity contribution in [2.75, 3.05) is 19.7 Å². The smallest absolute Gasteiger partial charge is 0.255 e. The van der Waals surface area contributed by atoms with Crippen LogP contribution in [-0.2, 0) is 0 Å². The molecule has 0 saturated heterocycles. The number of nitrogens with one attached hydrogen (secondary N) is 2. The topological polar surface area (TPSA) is 50.4 Å². The van der Waals surface area contributed by atoms with E-state index in [-0.39, 0.29) is 24.4 Å². The van der Waals surface area contributed by atoms with E-state index < -0.39 is 0 Å². The molecule has 1 fully saturated rings. The molecule has 0 radical (unpaired) electrons. The van der Waals surface area contributed by atoms with Crippen molar-refractivity contribution in [3.63, 3.8) is 0 Å². The summed E-state index contributed by atoms with van der Waals surface area (Å²) in [5, 5.41) is 6.22. The van der Waals surface area contributed by atoms with E-state index in [0.717, 1.165) is 13.2 Å². The number of carbonyl (C=O) groups is 1. The van der Waals surface area contributed by atoms with Crippen LogP contribution in [0.5, 0.6) is 5.75 Å². The number of ether oxygens (including phenoxy) is 1. The van der Waals surface area contributed by atoms with Crippen molar-refractivity contribution in [1.29, 1.82) is 0 Å². The van der Waals surface area contributed by atoms with Crippen molar-refractivity contribution >= 4 is 18.3 Å². The Morgan fingerprint density at radius 1 is 1.38 bits per heavy atom. The van der Waals surface area contributed by atoms with Crippen molar-refractivity contribution in [2.45, 2.75) is 32.7 Å². The van der Waals surface area contributed by atoms with Crippen LogP contribution in [0.15, 0.2) is 24.3 Å². The van der Waals surface area contributed by atoms with Crippen molar-refractivity contribution in [3.05, 3.63) is 29.8 Å². The molecule has 2 N–H and O–H groups in total. The molecule has 0 aromatic heterocycles. The minimum absolute atomic E-state index is 0. The Bertz CT molecular complexity index is 450. The van der Waals surface area contributed by atoms with Gasteiger partial charge in [0.1, 0.15) is 5.75 Å². The molecule has 2 rings (SSSR count). The molecule has 1 saturated carbocycles. The SMILES string of the molecule is CCN[C@H](C)CNC(=O)c1ccccc1OCC1CC1.Cl. The molecule has 1 aliphatic carbocycles. The number of rotatable bonds is 8. The van der Waals surface area contributed by atoms with E-state index in [1.54, 1.807) is 0 Å². The van der Waals surface area contributed by atoms with Crippen molar-refractivity contribution < 1.29 is 9.53 Å². The van der Waals surface area contributed by atoms with Crippen LogP contribution in [0.25, 0.3) is 0 Å². The minimum atomic E-state index is -0.0684. The maximum atomic E-state index is 12.2. The fourth-order valence-electron chi connectivity index (χ4n) is 2.03. The fourth-order valence-corrected chi connectivity index (χ4v) is 2.03. The zero-order valence-electron chi connectivity index (χ0n) is 12.7. The molecule has 4 nitrogen and oxygen atoms in total. The molecule has 5 heteroatoms. The maximum Gasteiger partial charge on any atom is 0.255 e. The summed E-state index contributed by atoms with van der Waals surface area (Å²) in [7, 11) is 0. The van der Waals surface area contributed by atoms with E-state index >= 15 is 0 Å². The molecule has 1 aromatic rings. The second-order valence-electron chi connectivity index (χ2n) is 5.42. The number of para-hydroxylation sites is 1. The van der Waals surface area contributed by atoms with E-state index in [2.05, 4.69) is 24.5 Å². The fraction of sp³-hybridized carbons (Fsp3) is 0.562. The molecule has 21 heavy (non-hydrogen) atoms. The highest BCUT2D eigenvalue weighted by molar-refractivity contribution is 5.96. The summed E-state index contributed by atoms with van der Waals surface area (Å²) in [5.41, 5.74) is 0.622. The number of hydrogen-bond donors (Lipinski definition) is 2. The van der Waals surface area contributed by atoms with Gasteiger partial charge in [0.05, 0.1) is 12.2 Å². The van der Waals surface area contributed by atoms with E-state index in [4.69, 9.17) is 4.74 Å². The van der Waals surface area contributed by atoms with Gasteiger partial charge in [-0.2, -0.15) is 0 Å². The second kappa shape index (κ2) is 8.90. The molecular weight excluding hydrogens is 288 g/mol. The van der Waals surface area contributed by atoms with Crippen LogP contribution in [0, 0.1) is 5.92 Å². The molecule has 1 atom stereocenters. The number of halogens is 1. The van der Waals surface area contributed by atoms with Crippen molar-refractivity contribution in [1.82, 2.24) is 10.6 Å². The van der Waals surface area contributed by atoms with Gasteiger partial charge in [-0.3, -0.25) is 4.79 Å². The molecule has 1 aliphatic rings. The summed E-state index contributed by atoms with van der Waals surface area (Å²) in [4.78, 5) is 12.2. The van der Waals surface area contributed by atoms with Crippen LogP contribution >= 0.6 is 12.4 Å². The van der Waals surface area contributed by atoms with Crippen LogP contribution in [0.2, 0.25) is 0 Å². The summed E-state index contributed by atoms with van der Waals surface area (Å²) < 4.78 is 5.76. The number of carbonyl (C=O) groups excluding carboxylic acids is 1. The molecule has 0 spiro atoms. The first kappa shape index (κ1) is 17.8. The van der Waals surface area contributed by atoms with E-state index in [0.29, 0.717) is 23.8 Å². The maximum absolute atomic E-state index is 12.2. The number of likely N-dealkylation sites (N-methyl/N-ethyl adjacent to an activating group) is 1. The molecule has 1 aromatic carbocycles. The third-order valence-electron chi connectivity index (χ3n) is 3.42. The van der Waals surface area contributed by atoms with Gasteiger partial charge in [-0.1, -0.05) is 19.1 Å². The first-order valence-corrected chi connectivity index (χ1v) is 7.44. The lowest BCUT2D eigenvalue weighted by Gasteiger charge is -2.15. The van der Waals surface area contributed by atoms with E-state index in [1.807, 2.05) is 24.3 Å². The summed E-state index contributed by atoms with van der Waals surface area (Å²) in [6.07, 6.45) is 2.49. The normalized spacial score (nSPS) is 15.0. The zero-order chi connectivity index (χ0) is 14.4. The van der Waals surface area contributed by atoms with Gasteiger partial charge in [-0.05, 0) is 44.4 Å². The van der Waals surface area contributed by atoms with E-state index in [9.17, 15) is 4.79 Å². The van der Waals surface area contributed by atoms with Gasteiger partial charge < -0.3 is 15.4 Å². The summed E-state index contributed by atoms with van der Waals surface area (Å²) in [5.74, 6) is 1.30. The monoisotopic (exact) mass is 312 g/mol. The standard InChI is InChI=1S/C16H24N2O2.ClH/c1-3-17-12(2)10-18-16(19)14-6-4-5-7-15(14)20-11-13-8-9-13;/h4-7,12-13,17H,3,8-11H2,1-2H3,(H,18,19);1H/t12-;/m1./s1. The minimum Gasteiger partial charge on any atom is -0.492 e. The largest absolute Gasteiger partial charge is 0.492 e. The van der Waals surface area contributed by atoms with Crippen molar-refractivity contribution in [3.8, 4) is 5.75 Å². The van der Waals surface area contributed by atoms with Gasteiger partial charge in [0, 0.05) is 12.6 Å². The predicted molar refractivity (Wildman–Crippen MR) is 87.4 cm³/mol. The number of benzene rings is 1. The molecule has 118 valence electrons. The van der Waals surface area contributed by atoms with E-state index in [1.165, 1.54) is 12.8 Å². The third kappa shape index (κ3) is 5.94. The lowest BCUT2D eigenvalue weighted by atomic mass is 10.2. The highest BCUT2D eigenvalue weighted by Crippen LogP contribution is 2.30. The summed E-state index contributed by atoms with van der Waals surface area (Å²) >= 11 is 0. The van der Waals surface area contributed by atoms with Gasteiger partial charge in [0.15, 0.2) is 0 Å². The van der Waals surface area contributed by atoms with Gasteiger partial charge in [-0.15, -0.1) is 12.4 Å². The molecule has 0 bridgehead atoms. The lowest BCUT2D eigenvalue weighted by Crippen LogP contribution is -2.38. The molecule has 0 unspecified atom stereocenters. The first-order valence-electron chi connectivity index (χ1n) is 7.44. The lowest BCUT2D eigenvalue weighted by molar-refractivity contribution is 0.0946. The predicted octanol–water partition coefficient (Wildman–Crippen LogP) is 2.63. The Morgan fingerprint density at radius 2 is 2.10 bits per heavy atom. The van der Waals surface area contributed by atoms with Crippen LogP contribution in [-0.4, -0.2) is 31.6 Å². The number of hydrogen-bond acceptors (Lipinski definition) is 3. The average Bonchev–Trinajstić information content (AvgIpc) is 3.27. The highest BCUT2D eigenvalue weighted by atomic mass is 35.5. The average molecular weight is 313 g/mol. The Morgan fingerprint density at radius 3 is 2.76 bits per heavy atom. The Balaban J connectivity index is 0.00000220. The third-order valence-corrected chi connectivity index (χ3v) is 3.42. The van der Waals surface area contributed by atoms with Gasteiger partial charge in [-0.25, -0.2) is 0 Å². The first-order chi connectivity index (χ1) is 9.70. The van der Waals surface area contributed by atoms with Gasteiger partial charge >= 0.3 is 0 Å². The Kier molecular flexibility index (Phi) is 7.54. The Hall–Kier alpha value is -1.26. The molecule has 0 aliphatic heterocycles. The zero-order valence-corrected chi connectivity index (χ0v) is 13.5. The molecule has 1 amide bonds. The van der Waals surface area contributed by atoms with Gasteiger partial charge in [0.2, 0.25) is 0 Å². The van der Waals surface area contributed by atoms with Crippen LogP contribution in [0.4, 0.5) is 0 Å². The summed E-state index contributed by atoms with van der Waals surface area (Å²) in [6.45, 7) is 6.35. The van der Waals surface area contributed by atoms with Gasteiger partial charge in [0.25, 0.3) is 5.91 Å². The quantitative estimate of drug-likeness (QED) is 0.776.